The first-order chi connectivity index (χ1) is 10.3. The Morgan fingerprint density at radius 2 is 1.73 bits per heavy atom. The fourth-order valence-corrected chi connectivity index (χ4v) is 3.26. The third kappa shape index (κ3) is 3.20. The van der Waals surface area contributed by atoms with Gasteiger partial charge in [-0.25, -0.2) is 0 Å². The van der Waals surface area contributed by atoms with Crippen LogP contribution in [0, 0.1) is 13.8 Å². The van der Waals surface area contributed by atoms with Crippen molar-refractivity contribution in [2.24, 2.45) is 0 Å². The first-order valence-electron chi connectivity index (χ1n) is 6.33. The molecule has 0 bridgehead atoms. The van der Waals surface area contributed by atoms with Gasteiger partial charge in [0.1, 0.15) is 4.90 Å². The molecule has 0 radical (unpaired) electrons. The van der Waals surface area contributed by atoms with E-state index in [0.717, 1.165) is 5.56 Å². The minimum Gasteiger partial charge on any atom is -0.503 e. The number of methoxy groups -OCH3 is 1. The van der Waals surface area contributed by atoms with Crippen LogP contribution in [0.5, 0.6) is 17.2 Å². The number of halogens is 1. The van der Waals surface area contributed by atoms with E-state index in [0.29, 0.717) is 5.56 Å². The number of aryl methyl sites for hydroxylation is 1. The van der Waals surface area contributed by atoms with Gasteiger partial charge >= 0.3 is 10.1 Å². The molecule has 2 aromatic rings. The second-order valence-electron chi connectivity index (χ2n) is 4.71. The normalized spacial score (nSPS) is 11.3. The van der Waals surface area contributed by atoms with Gasteiger partial charge in [0.25, 0.3) is 0 Å². The minimum atomic E-state index is -3.97. The van der Waals surface area contributed by atoms with E-state index in [2.05, 4.69) is 15.9 Å². The summed E-state index contributed by atoms with van der Waals surface area (Å²) in [7, 11) is -2.58. The highest BCUT2D eigenvalue weighted by Gasteiger charge is 2.22. The van der Waals surface area contributed by atoms with Crippen LogP contribution in [0.15, 0.2) is 39.7 Å². The number of phenolic OH excluding ortho intramolecular Hbond substituents is 1. The molecule has 0 aromatic heterocycles. The summed E-state index contributed by atoms with van der Waals surface area (Å²) in [4.78, 5) is 0.0562. The Labute approximate surface area is 137 Å². The van der Waals surface area contributed by atoms with Crippen LogP contribution in [0.1, 0.15) is 11.1 Å². The summed E-state index contributed by atoms with van der Waals surface area (Å²) in [6.45, 7) is 3.47. The lowest BCUT2D eigenvalue weighted by molar-refractivity contribution is 0.366. The second-order valence-corrected chi connectivity index (χ2v) is 7.11. The molecule has 0 amide bonds. The number of hydrogen-bond acceptors (Lipinski definition) is 5. The van der Waals surface area contributed by atoms with E-state index < -0.39 is 10.1 Å². The van der Waals surface area contributed by atoms with E-state index in [1.165, 1.54) is 25.3 Å². The van der Waals surface area contributed by atoms with Gasteiger partial charge in [-0.15, -0.1) is 0 Å². The molecule has 0 saturated heterocycles. The molecule has 0 aliphatic heterocycles. The Hall–Kier alpha value is -1.73. The molecular formula is C15H15BrO5S. The summed E-state index contributed by atoms with van der Waals surface area (Å²) in [5, 5.41) is 9.87. The van der Waals surface area contributed by atoms with Crippen molar-refractivity contribution in [1.29, 1.82) is 0 Å². The van der Waals surface area contributed by atoms with Gasteiger partial charge in [0.15, 0.2) is 17.2 Å². The maximum Gasteiger partial charge on any atom is 0.339 e. The molecule has 0 spiro atoms. The largest absolute Gasteiger partial charge is 0.503 e. The Bertz CT molecular complexity index is 798. The zero-order valence-corrected chi connectivity index (χ0v) is 14.7. The van der Waals surface area contributed by atoms with Gasteiger partial charge in [0, 0.05) is 11.6 Å². The van der Waals surface area contributed by atoms with E-state index in [1.807, 2.05) is 6.92 Å². The van der Waals surface area contributed by atoms with Crippen LogP contribution in [-0.4, -0.2) is 20.6 Å². The quantitative estimate of drug-likeness (QED) is 0.813. The van der Waals surface area contributed by atoms with Crippen molar-refractivity contribution in [2.45, 2.75) is 18.7 Å². The molecule has 2 rings (SSSR count). The Kier molecular flexibility index (Phi) is 4.67. The number of hydrogen-bond donors (Lipinski definition) is 1. The average Bonchev–Trinajstić information content (AvgIpc) is 2.45. The predicted octanol–water partition coefficient (Wildman–Crippen LogP) is 3.55. The van der Waals surface area contributed by atoms with Crippen LogP contribution in [0.25, 0.3) is 0 Å². The zero-order chi connectivity index (χ0) is 16.5. The molecule has 5 nitrogen and oxygen atoms in total. The van der Waals surface area contributed by atoms with E-state index in [1.54, 1.807) is 19.1 Å². The highest BCUT2D eigenvalue weighted by Crippen LogP contribution is 2.42. The number of rotatable bonds is 4. The van der Waals surface area contributed by atoms with Gasteiger partial charge in [-0.1, -0.05) is 17.7 Å². The predicted molar refractivity (Wildman–Crippen MR) is 86.1 cm³/mol. The van der Waals surface area contributed by atoms with Crippen LogP contribution >= 0.6 is 15.9 Å². The van der Waals surface area contributed by atoms with E-state index in [-0.39, 0.29) is 26.6 Å². The first kappa shape index (κ1) is 16.6. The summed E-state index contributed by atoms with van der Waals surface area (Å²) in [6, 6.07) is 7.73. The van der Waals surface area contributed by atoms with Crippen molar-refractivity contribution >= 4 is 26.0 Å². The third-order valence-corrected chi connectivity index (χ3v) is 4.98. The molecule has 2 aromatic carbocycles. The molecule has 118 valence electrons. The highest BCUT2D eigenvalue weighted by atomic mass is 79.9. The van der Waals surface area contributed by atoms with Gasteiger partial charge in [-0.2, -0.15) is 8.42 Å². The molecule has 0 fully saturated rings. The standard InChI is InChI=1S/C15H15BrO5S/c1-9-4-6-11(7-5-9)22(18,19)21-13-8-12(16)14(17)15(20-3)10(13)2/h4-8,17H,1-3H3. The Morgan fingerprint density at radius 3 is 2.27 bits per heavy atom. The minimum absolute atomic E-state index is 0.0562. The van der Waals surface area contributed by atoms with Crippen molar-refractivity contribution in [2.75, 3.05) is 7.11 Å². The van der Waals surface area contributed by atoms with Crippen molar-refractivity contribution in [3.63, 3.8) is 0 Å². The number of ether oxygens (including phenoxy) is 1. The SMILES string of the molecule is COc1c(C)c(OS(=O)(=O)c2ccc(C)cc2)cc(Br)c1O. The maximum absolute atomic E-state index is 12.3. The monoisotopic (exact) mass is 386 g/mol. The van der Waals surface area contributed by atoms with E-state index in [9.17, 15) is 13.5 Å². The molecule has 0 atom stereocenters. The summed E-state index contributed by atoms with van der Waals surface area (Å²) in [5.74, 6) is 0.130. The lowest BCUT2D eigenvalue weighted by Gasteiger charge is -2.14. The average molecular weight is 387 g/mol. The molecular weight excluding hydrogens is 372 g/mol. The summed E-state index contributed by atoms with van der Waals surface area (Å²) >= 11 is 3.14. The van der Waals surface area contributed by atoms with Crippen LogP contribution in [0.2, 0.25) is 0 Å². The second kappa shape index (κ2) is 6.18. The smallest absolute Gasteiger partial charge is 0.339 e. The van der Waals surface area contributed by atoms with Gasteiger partial charge in [0.2, 0.25) is 0 Å². The van der Waals surface area contributed by atoms with E-state index >= 15 is 0 Å². The molecule has 0 unspecified atom stereocenters. The van der Waals surface area contributed by atoms with Gasteiger partial charge in [0.05, 0.1) is 11.6 Å². The molecule has 1 N–H and O–H groups in total. The van der Waals surface area contributed by atoms with Crippen molar-refractivity contribution < 1.29 is 22.4 Å². The van der Waals surface area contributed by atoms with Gasteiger partial charge < -0.3 is 14.0 Å². The zero-order valence-electron chi connectivity index (χ0n) is 12.3. The number of aromatic hydroxyl groups is 1. The molecule has 0 saturated carbocycles. The molecule has 7 heteroatoms. The topological polar surface area (TPSA) is 72.8 Å². The maximum atomic E-state index is 12.3. The van der Waals surface area contributed by atoms with Crippen molar-refractivity contribution in [3.8, 4) is 17.2 Å². The molecule has 0 heterocycles. The number of benzene rings is 2. The summed E-state index contributed by atoms with van der Waals surface area (Å²) in [5.41, 5.74) is 1.34. The van der Waals surface area contributed by atoms with Gasteiger partial charge in [-0.05, 0) is 41.9 Å². The Balaban J connectivity index is 2.46. The van der Waals surface area contributed by atoms with Crippen LogP contribution in [-0.2, 0) is 10.1 Å². The van der Waals surface area contributed by atoms with Crippen LogP contribution < -0.4 is 8.92 Å². The fraction of sp³-hybridized carbons (Fsp3) is 0.200. The lowest BCUT2D eigenvalue weighted by Crippen LogP contribution is -2.11. The first-order valence-corrected chi connectivity index (χ1v) is 8.53. The number of phenols is 1. The molecule has 0 aliphatic carbocycles. The van der Waals surface area contributed by atoms with E-state index in [4.69, 9.17) is 8.92 Å². The van der Waals surface area contributed by atoms with Crippen molar-refractivity contribution in [3.05, 3.63) is 45.9 Å². The highest BCUT2D eigenvalue weighted by molar-refractivity contribution is 9.10. The summed E-state index contributed by atoms with van der Waals surface area (Å²) < 4.78 is 35.2. The van der Waals surface area contributed by atoms with Crippen LogP contribution in [0.3, 0.4) is 0 Å². The van der Waals surface area contributed by atoms with Crippen molar-refractivity contribution in [1.82, 2.24) is 0 Å². The lowest BCUT2D eigenvalue weighted by atomic mass is 10.2. The Morgan fingerprint density at radius 1 is 1.14 bits per heavy atom. The molecule has 0 aliphatic rings. The third-order valence-electron chi connectivity index (χ3n) is 3.12. The molecule has 22 heavy (non-hydrogen) atoms. The van der Waals surface area contributed by atoms with Crippen LogP contribution in [0.4, 0.5) is 0 Å². The fourth-order valence-electron chi connectivity index (χ4n) is 1.90. The summed E-state index contributed by atoms with van der Waals surface area (Å²) in [6.07, 6.45) is 0. The van der Waals surface area contributed by atoms with Gasteiger partial charge in [-0.3, -0.25) is 0 Å².